The highest BCUT2D eigenvalue weighted by Crippen LogP contribution is 2.31. The lowest BCUT2D eigenvalue weighted by Crippen LogP contribution is -2.32. The Labute approximate surface area is 146 Å². The van der Waals surface area contributed by atoms with Gasteiger partial charge in [-0.1, -0.05) is 6.07 Å². The molecule has 2 aromatic heterocycles. The Kier molecular flexibility index (Phi) is 5.02. The summed E-state index contributed by atoms with van der Waals surface area (Å²) in [5.74, 6) is -0.115. The molecule has 0 aromatic carbocycles. The number of likely N-dealkylation sites (tertiary alicyclic amines) is 1. The van der Waals surface area contributed by atoms with Crippen molar-refractivity contribution < 1.29 is 9.59 Å². The first-order chi connectivity index (χ1) is 12.1. The molecule has 25 heavy (non-hydrogen) atoms. The molecule has 1 saturated heterocycles. The molecule has 7 heteroatoms. The predicted octanol–water partition coefficient (Wildman–Crippen LogP) is 1.83. The zero-order valence-corrected chi connectivity index (χ0v) is 14.4. The fourth-order valence-corrected chi connectivity index (χ4v) is 2.97. The first-order valence-corrected chi connectivity index (χ1v) is 8.31. The Balaban J connectivity index is 1.80. The highest BCUT2D eigenvalue weighted by Gasteiger charge is 2.32. The van der Waals surface area contributed by atoms with E-state index in [1.807, 2.05) is 11.0 Å². The fraction of sp³-hybridized carbons (Fsp3) is 0.389. The van der Waals surface area contributed by atoms with Gasteiger partial charge in [0, 0.05) is 26.7 Å². The van der Waals surface area contributed by atoms with Gasteiger partial charge < -0.3 is 9.80 Å². The average molecular weight is 339 g/mol. The number of carbonyl (C=O) groups excluding carboxylic acids is 2. The summed E-state index contributed by atoms with van der Waals surface area (Å²) in [7, 11) is 1.73. The van der Waals surface area contributed by atoms with E-state index in [-0.39, 0.29) is 17.9 Å². The minimum Gasteiger partial charge on any atom is -0.340 e. The van der Waals surface area contributed by atoms with Crippen molar-refractivity contribution >= 4 is 11.8 Å². The molecule has 0 bridgehead atoms. The quantitative estimate of drug-likeness (QED) is 0.849. The number of rotatable bonds is 4. The molecule has 1 fully saturated rings. The second-order valence-corrected chi connectivity index (χ2v) is 6.18. The molecule has 1 unspecified atom stereocenters. The summed E-state index contributed by atoms with van der Waals surface area (Å²) >= 11 is 0. The van der Waals surface area contributed by atoms with E-state index in [9.17, 15) is 9.59 Å². The van der Waals surface area contributed by atoms with E-state index in [0.29, 0.717) is 24.5 Å². The average Bonchev–Trinajstić information content (AvgIpc) is 3.11. The summed E-state index contributed by atoms with van der Waals surface area (Å²) in [5, 5.41) is 0. The largest absolute Gasteiger partial charge is 0.340 e. The maximum Gasteiger partial charge on any atom is 0.273 e. The van der Waals surface area contributed by atoms with Crippen LogP contribution in [-0.2, 0) is 11.3 Å². The predicted molar refractivity (Wildman–Crippen MR) is 91.4 cm³/mol. The van der Waals surface area contributed by atoms with Crippen LogP contribution in [0.2, 0.25) is 0 Å². The summed E-state index contributed by atoms with van der Waals surface area (Å²) in [4.78, 5) is 40.6. The summed E-state index contributed by atoms with van der Waals surface area (Å²) in [6.45, 7) is 2.60. The van der Waals surface area contributed by atoms with Crippen LogP contribution < -0.4 is 0 Å². The van der Waals surface area contributed by atoms with Crippen molar-refractivity contribution in [3.8, 4) is 0 Å². The van der Waals surface area contributed by atoms with Gasteiger partial charge in [0.05, 0.1) is 36.4 Å². The number of aromatic nitrogens is 3. The number of amides is 2. The van der Waals surface area contributed by atoms with Crippen molar-refractivity contribution in [3.63, 3.8) is 0 Å². The van der Waals surface area contributed by atoms with Crippen molar-refractivity contribution in [2.45, 2.75) is 32.4 Å². The molecule has 0 N–H and O–H groups in total. The Bertz CT molecular complexity index is 765. The highest BCUT2D eigenvalue weighted by molar-refractivity contribution is 5.92. The normalized spacial score (nSPS) is 16.7. The van der Waals surface area contributed by atoms with Crippen LogP contribution in [0.4, 0.5) is 0 Å². The lowest BCUT2D eigenvalue weighted by molar-refractivity contribution is -0.128. The van der Waals surface area contributed by atoms with Crippen molar-refractivity contribution in [2.75, 3.05) is 13.6 Å². The molecular formula is C18H21N5O2. The van der Waals surface area contributed by atoms with Crippen molar-refractivity contribution in [3.05, 3.63) is 53.9 Å². The van der Waals surface area contributed by atoms with Crippen LogP contribution in [0.1, 0.15) is 47.7 Å². The van der Waals surface area contributed by atoms with Gasteiger partial charge in [0.2, 0.25) is 5.91 Å². The number of hydrogen-bond donors (Lipinski definition) is 0. The van der Waals surface area contributed by atoms with Crippen molar-refractivity contribution in [1.29, 1.82) is 0 Å². The summed E-state index contributed by atoms with van der Waals surface area (Å²) < 4.78 is 0. The van der Waals surface area contributed by atoms with E-state index >= 15 is 0 Å². The third kappa shape index (κ3) is 3.81. The Morgan fingerprint density at radius 2 is 2.16 bits per heavy atom. The van der Waals surface area contributed by atoms with E-state index in [0.717, 1.165) is 18.5 Å². The Hall–Kier alpha value is -2.83. The molecule has 2 aromatic rings. The molecular weight excluding hydrogens is 318 g/mol. The molecule has 0 radical (unpaired) electrons. The molecule has 0 aliphatic carbocycles. The van der Waals surface area contributed by atoms with Crippen LogP contribution >= 0.6 is 0 Å². The van der Waals surface area contributed by atoms with E-state index in [1.54, 1.807) is 42.7 Å². The molecule has 3 rings (SSSR count). The highest BCUT2D eigenvalue weighted by atomic mass is 16.2. The smallest absolute Gasteiger partial charge is 0.273 e. The second-order valence-electron chi connectivity index (χ2n) is 6.18. The molecule has 0 saturated carbocycles. The molecule has 1 aliphatic heterocycles. The van der Waals surface area contributed by atoms with Crippen LogP contribution in [0, 0.1) is 0 Å². The molecule has 3 heterocycles. The molecule has 1 atom stereocenters. The van der Waals surface area contributed by atoms with Gasteiger partial charge in [-0.3, -0.25) is 24.5 Å². The first kappa shape index (κ1) is 17.0. The molecule has 7 nitrogen and oxygen atoms in total. The van der Waals surface area contributed by atoms with E-state index in [4.69, 9.17) is 0 Å². The van der Waals surface area contributed by atoms with Crippen molar-refractivity contribution in [1.82, 2.24) is 24.8 Å². The SMILES string of the molecule is CC(=O)N(C)Cc1cncc(C2CCCN2C(=O)c2ccccn2)n1. The van der Waals surface area contributed by atoms with Gasteiger partial charge in [0.25, 0.3) is 5.91 Å². The first-order valence-electron chi connectivity index (χ1n) is 8.31. The molecule has 2 amide bonds. The number of carbonyl (C=O) groups is 2. The maximum atomic E-state index is 12.7. The Morgan fingerprint density at radius 3 is 2.88 bits per heavy atom. The zero-order valence-electron chi connectivity index (χ0n) is 14.4. The van der Waals surface area contributed by atoms with Crippen LogP contribution in [-0.4, -0.2) is 50.2 Å². The zero-order chi connectivity index (χ0) is 17.8. The van der Waals surface area contributed by atoms with Crippen LogP contribution in [0.3, 0.4) is 0 Å². The van der Waals surface area contributed by atoms with E-state index < -0.39 is 0 Å². The number of hydrogen-bond acceptors (Lipinski definition) is 5. The van der Waals surface area contributed by atoms with Crippen LogP contribution in [0.5, 0.6) is 0 Å². The standard InChI is InChI=1S/C18H21N5O2/c1-13(24)22(2)12-14-10-19-11-16(21-14)17-7-5-9-23(17)18(25)15-6-3-4-8-20-15/h3-4,6,8,10-11,17H,5,7,9,12H2,1-2H3. The molecule has 0 spiro atoms. The number of nitrogens with zero attached hydrogens (tertiary/aromatic N) is 5. The second kappa shape index (κ2) is 7.38. The lowest BCUT2D eigenvalue weighted by Gasteiger charge is -2.24. The number of pyridine rings is 1. The minimum absolute atomic E-state index is 0.0278. The third-order valence-corrected chi connectivity index (χ3v) is 4.38. The van der Waals surface area contributed by atoms with Gasteiger partial charge in [0.15, 0.2) is 0 Å². The third-order valence-electron chi connectivity index (χ3n) is 4.38. The van der Waals surface area contributed by atoms with E-state index in [2.05, 4.69) is 15.0 Å². The van der Waals surface area contributed by atoms with Gasteiger partial charge in [-0.25, -0.2) is 0 Å². The summed E-state index contributed by atoms with van der Waals surface area (Å²) in [5.41, 5.74) is 1.92. The van der Waals surface area contributed by atoms with Crippen molar-refractivity contribution in [2.24, 2.45) is 0 Å². The van der Waals surface area contributed by atoms with Crippen LogP contribution in [0.15, 0.2) is 36.8 Å². The Morgan fingerprint density at radius 1 is 1.32 bits per heavy atom. The summed E-state index contributed by atoms with van der Waals surface area (Å²) in [6, 6.07) is 5.22. The minimum atomic E-state index is -0.107. The monoisotopic (exact) mass is 339 g/mol. The van der Waals surface area contributed by atoms with Gasteiger partial charge >= 0.3 is 0 Å². The molecule has 1 aliphatic rings. The summed E-state index contributed by atoms with van der Waals surface area (Å²) in [6.07, 6.45) is 6.74. The maximum absolute atomic E-state index is 12.7. The van der Waals surface area contributed by atoms with E-state index in [1.165, 1.54) is 6.92 Å². The molecule has 130 valence electrons. The van der Waals surface area contributed by atoms with Gasteiger partial charge in [0.1, 0.15) is 5.69 Å². The fourth-order valence-electron chi connectivity index (χ4n) is 2.97. The van der Waals surface area contributed by atoms with Crippen LogP contribution in [0.25, 0.3) is 0 Å². The van der Waals surface area contributed by atoms with Gasteiger partial charge in [-0.05, 0) is 25.0 Å². The lowest BCUT2D eigenvalue weighted by atomic mass is 10.1. The van der Waals surface area contributed by atoms with Gasteiger partial charge in [-0.2, -0.15) is 0 Å². The van der Waals surface area contributed by atoms with Gasteiger partial charge in [-0.15, -0.1) is 0 Å². The topological polar surface area (TPSA) is 79.3 Å².